The van der Waals surface area contributed by atoms with Crippen LogP contribution >= 0.6 is 0 Å². The summed E-state index contributed by atoms with van der Waals surface area (Å²) in [6.07, 6.45) is -4.01. The van der Waals surface area contributed by atoms with Crippen molar-refractivity contribution in [1.82, 2.24) is 4.31 Å². The van der Waals surface area contributed by atoms with Crippen LogP contribution in [0, 0.1) is 5.92 Å². The number of rotatable bonds is 6. The van der Waals surface area contributed by atoms with E-state index in [0.717, 1.165) is 28.6 Å². The molecule has 0 radical (unpaired) electrons. The third-order valence-corrected chi connectivity index (χ3v) is 5.39. The summed E-state index contributed by atoms with van der Waals surface area (Å²) in [6.45, 7) is 4.09. The van der Waals surface area contributed by atoms with Gasteiger partial charge in [0.2, 0.25) is 10.0 Å². The molecule has 1 rings (SSSR count). The van der Waals surface area contributed by atoms with Gasteiger partial charge in [-0.05, 0) is 36.6 Å². The molecule has 0 bridgehead atoms. The first-order chi connectivity index (χ1) is 9.96. The molecule has 0 spiro atoms. The van der Waals surface area contributed by atoms with Crippen molar-refractivity contribution in [1.29, 1.82) is 0 Å². The highest BCUT2D eigenvalue weighted by atomic mass is 32.2. The summed E-state index contributed by atoms with van der Waals surface area (Å²) in [6, 6.07) is 3.33. The Kier molecular flexibility index (Phi) is 6.00. The van der Waals surface area contributed by atoms with E-state index in [9.17, 15) is 21.6 Å². The van der Waals surface area contributed by atoms with Crippen LogP contribution in [0.5, 0.6) is 0 Å². The first-order valence-electron chi connectivity index (χ1n) is 6.85. The fraction of sp³-hybridized carbons (Fsp3) is 0.571. The fourth-order valence-corrected chi connectivity index (χ4v) is 2.97. The lowest BCUT2D eigenvalue weighted by molar-refractivity contribution is -0.137. The molecule has 1 atom stereocenters. The smallest absolute Gasteiger partial charge is 0.327 e. The maximum absolute atomic E-state index is 12.5. The Labute approximate surface area is 129 Å². The number of nitrogens with zero attached hydrogens (tertiary/aromatic N) is 1. The predicted molar refractivity (Wildman–Crippen MR) is 78.7 cm³/mol. The Hall–Kier alpha value is -1.12. The normalized spacial score (nSPS) is 14.6. The molecule has 0 saturated carbocycles. The minimum Gasteiger partial charge on any atom is -0.327 e. The van der Waals surface area contributed by atoms with Gasteiger partial charge in [-0.1, -0.05) is 13.8 Å². The van der Waals surface area contributed by atoms with E-state index in [1.807, 2.05) is 13.8 Å². The Morgan fingerprint density at radius 3 is 2.09 bits per heavy atom. The first kappa shape index (κ1) is 18.9. The number of sulfonamides is 1. The molecular formula is C14H21F3N2O2S. The number of halogens is 3. The van der Waals surface area contributed by atoms with Crippen molar-refractivity contribution >= 4 is 10.0 Å². The third-order valence-electron chi connectivity index (χ3n) is 3.52. The number of hydrogen-bond acceptors (Lipinski definition) is 3. The second-order valence-corrected chi connectivity index (χ2v) is 7.59. The van der Waals surface area contributed by atoms with Crippen molar-refractivity contribution in [3.8, 4) is 0 Å². The highest BCUT2D eigenvalue weighted by Gasteiger charge is 2.31. The zero-order chi connectivity index (χ0) is 17.1. The van der Waals surface area contributed by atoms with Crippen LogP contribution in [-0.2, 0) is 16.2 Å². The minimum absolute atomic E-state index is 0.134. The summed E-state index contributed by atoms with van der Waals surface area (Å²) in [5.74, 6) is 0.224. The Balaban J connectivity index is 2.85. The lowest BCUT2D eigenvalue weighted by atomic mass is 10.0. The van der Waals surface area contributed by atoms with E-state index in [4.69, 9.17) is 5.73 Å². The zero-order valence-corrected chi connectivity index (χ0v) is 13.6. The van der Waals surface area contributed by atoms with Gasteiger partial charge < -0.3 is 5.73 Å². The van der Waals surface area contributed by atoms with Crippen molar-refractivity contribution in [3.63, 3.8) is 0 Å². The maximum atomic E-state index is 12.5. The van der Waals surface area contributed by atoms with Crippen LogP contribution in [0.25, 0.3) is 0 Å². The van der Waals surface area contributed by atoms with Gasteiger partial charge in [-0.25, -0.2) is 12.7 Å². The summed E-state index contributed by atoms with van der Waals surface area (Å²) >= 11 is 0. The number of benzene rings is 1. The van der Waals surface area contributed by atoms with E-state index in [1.54, 1.807) is 0 Å². The Bertz CT molecular complexity index is 583. The lowest BCUT2D eigenvalue weighted by Gasteiger charge is -2.21. The number of nitrogens with two attached hydrogens (primary N) is 1. The largest absolute Gasteiger partial charge is 0.416 e. The molecule has 0 fully saturated rings. The molecule has 4 nitrogen and oxygen atoms in total. The summed E-state index contributed by atoms with van der Waals surface area (Å²) in [5.41, 5.74) is 4.99. The average molecular weight is 338 g/mol. The molecule has 0 aromatic heterocycles. The SMILES string of the molecule is CC(C)C(N)CCN(C)S(=O)(=O)c1ccc(C(F)(F)F)cc1. The summed E-state index contributed by atoms with van der Waals surface area (Å²) < 4.78 is 63.1. The number of alkyl halides is 3. The van der Waals surface area contributed by atoms with Gasteiger partial charge in [-0.2, -0.15) is 13.2 Å². The van der Waals surface area contributed by atoms with Crippen LogP contribution < -0.4 is 5.73 Å². The molecule has 0 saturated heterocycles. The van der Waals surface area contributed by atoms with Gasteiger partial charge in [0.1, 0.15) is 0 Å². The van der Waals surface area contributed by atoms with Crippen LogP contribution in [0.1, 0.15) is 25.8 Å². The highest BCUT2D eigenvalue weighted by Crippen LogP contribution is 2.30. The highest BCUT2D eigenvalue weighted by molar-refractivity contribution is 7.89. The molecule has 126 valence electrons. The fourth-order valence-electron chi connectivity index (χ4n) is 1.78. The van der Waals surface area contributed by atoms with Crippen LogP contribution in [0.4, 0.5) is 13.2 Å². The third kappa shape index (κ3) is 4.69. The molecule has 22 heavy (non-hydrogen) atoms. The van der Waals surface area contributed by atoms with Crippen LogP contribution in [0.15, 0.2) is 29.2 Å². The molecule has 8 heteroatoms. The van der Waals surface area contributed by atoms with Crippen molar-refractivity contribution in [2.75, 3.05) is 13.6 Å². The van der Waals surface area contributed by atoms with Gasteiger partial charge >= 0.3 is 6.18 Å². The molecule has 0 heterocycles. The second-order valence-electron chi connectivity index (χ2n) is 5.55. The van der Waals surface area contributed by atoms with E-state index in [1.165, 1.54) is 7.05 Å². The Morgan fingerprint density at radius 1 is 1.18 bits per heavy atom. The van der Waals surface area contributed by atoms with Crippen molar-refractivity contribution in [2.24, 2.45) is 11.7 Å². The summed E-state index contributed by atoms with van der Waals surface area (Å²) in [5, 5.41) is 0. The predicted octanol–water partition coefficient (Wildman–Crippen LogP) is 2.70. The monoisotopic (exact) mass is 338 g/mol. The molecule has 1 unspecified atom stereocenters. The quantitative estimate of drug-likeness (QED) is 0.867. The molecule has 0 aliphatic rings. The first-order valence-corrected chi connectivity index (χ1v) is 8.29. The minimum atomic E-state index is -4.49. The molecule has 0 aliphatic heterocycles. The Morgan fingerprint density at radius 2 is 1.68 bits per heavy atom. The van der Waals surface area contributed by atoms with Gasteiger partial charge in [-0.3, -0.25) is 0 Å². The van der Waals surface area contributed by atoms with Gasteiger partial charge in [0.15, 0.2) is 0 Å². The van der Waals surface area contributed by atoms with E-state index < -0.39 is 21.8 Å². The molecule has 1 aromatic carbocycles. The van der Waals surface area contributed by atoms with Crippen molar-refractivity contribution in [2.45, 2.75) is 37.4 Å². The summed E-state index contributed by atoms with van der Waals surface area (Å²) in [4.78, 5) is -0.166. The van der Waals surface area contributed by atoms with E-state index in [-0.39, 0.29) is 23.4 Å². The van der Waals surface area contributed by atoms with Gasteiger partial charge in [0.25, 0.3) is 0 Å². The van der Waals surface area contributed by atoms with E-state index >= 15 is 0 Å². The lowest BCUT2D eigenvalue weighted by Crippen LogP contribution is -2.34. The summed E-state index contributed by atoms with van der Waals surface area (Å²) in [7, 11) is -2.42. The van der Waals surface area contributed by atoms with Gasteiger partial charge in [-0.15, -0.1) is 0 Å². The van der Waals surface area contributed by atoms with Crippen molar-refractivity contribution in [3.05, 3.63) is 29.8 Å². The molecule has 2 N–H and O–H groups in total. The van der Waals surface area contributed by atoms with Crippen molar-refractivity contribution < 1.29 is 21.6 Å². The molecule has 0 aliphatic carbocycles. The second kappa shape index (κ2) is 6.97. The zero-order valence-electron chi connectivity index (χ0n) is 12.8. The van der Waals surface area contributed by atoms with Crippen LogP contribution in [0.3, 0.4) is 0 Å². The van der Waals surface area contributed by atoms with Gasteiger partial charge in [0.05, 0.1) is 10.5 Å². The van der Waals surface area contributed by atoms with Gasteiger partial charge in [0, 0.05) is 19.6 Å². The van der Waals surface area contributed by atoms with E-state index in [0.29, 0.717) is 6.42 Å². The topological polar surface area (TPSA) is 63.4 Å². The number of hydrogen-bond donors (Lipinski definition) is 1. The average Bonchev–Trinajstić information content (AvgIpc) is 2.43. The molecular weight excluding hydrogens is 317 g/mol. The maximum Gasteiger partial charge on any atom is 0.416 e. The van der Waals surface area contributed by atoms with Crippen LogP contribution in [-0.4, -0.2) is 32.4 Å². The molecule has 0 amide bonds. The van der Waals surface area contributed by atoms with E-state index in [2.05, 4.69) is 0 Å². The molecule has 1 aromatic rings. The van der Waals surface area contributed by atoms with Crippen LogP contribution in [0.2, 0.25) is 0 Å². The standard InChI is InChI=1S/C14H21F3N2O2S/c1-10(2)13(18)8-9-19(3)22(20,21)12-6-4-11(5-7-12)14(15,16)17/h4-7,10,13H,8-9,18H2,1-3H3.